The Bertz CT molecular complexity index is 692. The number of nitrogens with one attached hydrogen (secondary N) is 1. The number of anilines is 1. The molecule has 2 rings (SSSR count). The molecule has 0 unspecified atom stereocenters. The Morgan fingerprint density at radius 1 is 1.29 bits per heavy atom. The summed E-state index contributed by atoms with van der Waals surface area (Å²) in [7, 11) is 1.35. The summed E-state index contributed by atoms with van der Waals surface area (Å²) in [5.41, 5.74) is -0.749. The van der Waals surface area contributed by atoms with Crippen LogP contribution in [0, 0.1) is 11.6 Å². The Morgan fingerprint density at radius 2 is 1.90 bits per heavy atom. The molecule has 5 nitrogen and oxygen atoms in total. The van der Waals surface area contributed by atoms with Crippen LogP contribution in [0.4, 0.5) is 14.7 Å². The van der Waals surface area contributed by atoms with Gasteiger partial charge in [-0.05, 0) is 12.1 Å². The van der Waals surface area contributed by atoms with Gasteiger partial charge in [-0.1, -0.05) is 27.5 Å². The Morgan fingerprint density at radius 3 is 2.48 bits per heavy atom. The lowest BCUT2D eigenvalue weighted by Crippen LogP contribution is -2.18. The van der Waals surface area contributed by atoms with E-state index in [9.17, 15) is 13.6 Å². The standard InChI is InChI=1S/C12H7BrClF2N3O2/c1-21-9-4-8(14)17-12(18-9)19-11(20)10-6(15)2-5(13)3-7(10)16/h2-4H,1H3,(H,17,18,19,20). The number of halogens is 4. The van der Waals surface area contributed by atoms with Gasteiger partial charge >= 0.3 is 0 Å². The summed E-state index contributed by atoms with van der Waals surface area (Å²) in [4.78, 5) is 19.4. The van der Waals surface area contributed by atoms with Crippen molar-refractivity contribution in [3.63, 3.8) is 0 Å². The number of amides is 1. The number of methoxy groups -OCH3 is 1. The summed E-state index contributed by atoms with van der Waals surface area (Å²) in [5, 5.41) is 2.16. The van der Waals surface area contributed by atoms with Crippen LogP contribution in [0.15, 0.2) is 22.7 Å². The first-order chi connectivity index (χ1) is 9.90. The Kier molecular flexibility index (Phi) is 4.69. The third-order valence-corrected chi connectivity index (χ3v) is 2.99. The molecule has 21 heavy (non-hydrogen) atoms. The number of carbonyl (C=O) groups is 1. The lowest BCUT2D eigenvalue weighted by Gasteiger charge is -2.07. The van der Waals surface area contributed by atoms with E-state index in [1.165, 1.54) is 13.2 Å². The molecular formula is C12H7BrClF2N3O2. The van der Waals surface area contributed by atoms with E-state index in [0.29, 0.717) is 0 Å². The Labute approximate surface area is 131 Å². The van der Waals surface area contributed by atoms with Crippen molar-refractivity contribution in [1.29, 1.82) is 0 Å². The van der Waals surface area contributed by atoms with Crippen LogP contribution in [-0.2, 0) is 0 Å². The molecule has 0 fully saturated rings. The zero-order chi connectivity index (χ0) is 15.6. The fourth-order valence-electron chi connectivity index (χ4n) is 1.48. The van der Waals surface area contributed by atoms with Gasteiger partial charge in [0.15, 0.2) is 0 Å². The topological polar surface area (TPSA) is 64.1 Å². The second kappa shape index (κ2) is 6.31. The van der Waals surface area contributed by atoms with E-state index in [-0.39, 0.29) is 21.5 Å². The molecule has 1 N–H and O–H groups in total. The maximum Gasteiger partial charge on any atom is 0.263 e. The van der Waals surface area contributed by atoms with Gasteiger partial charge in [0.25, 0.3) is 5.91 Å². The number of ether oxygens (including phenoxy) is 1. The molecule has 0 radical (unpaired) electrons. The van der Waals surface area contributed by atoms with E-state index in [0.717, 1.165) is 12.1 Å². The smallest absolute Gasteiger partial charge is 0.263 e. The molecule has 1 amide bonds. The van der Waals surface area contributed by atoms with E-state index >= 15 is 0 Å². The summed E-state index contributed by atoms with van der Waals surface area (Å²) in [5.74, 6) is -3.21. The first-order valence-electron chi connectivity index (χ1n) is 5.45. The van der Waals surface area contributed by atoms with E-state index in [2.05, 4.69) is 31.2 Å². The lowest BCUT2D eigenvalue weighted by molar-refractivity contribution is 0.101. The van der Waals surface area contributed by atoms with Gasteiger partial charge in [0, 0.05) is 10.5 Å². The lowest BCUT2D eigenvalue weighted by atomic mass is 10.2. The number of aromatic nitrogens is 2. The quantitative estimate of drug-likeness (QED) is 0.831. The van der Waals surface area contributed by atoms with Gasteiger partial charge in [-0.25, -0.2) is 13.8 Å². The minimum Gasteiger partial charge on any atom is -0.481 e. The van der Waals surface area contributed by atoms with Crippen LogP contribution in [0.2, 0.25) is 5.15 Å². The predicted octanol–water partition coefficient (Wildman–Crippen LogP) is 3.43. The highest BCUT2D eigenvalue weighted by Crippen LogP contribution is 2.21. The summed E-state index contributed by atoms with van der Waals surface area (Å²) in [6, 6.07) is 3.26. The van der Waals surface area contributed by atoms with Crippen molar-refractivity contribution in [2.45, 2.75) is 0 Å². The molecule has 0 spiro atoms. The number of hydrogen-bond donors (Lipinski definition) is 1. The van der Waals surface area contributed by atoms with Crippen LogP contribution in [0.1, 0.15) is 10.4 Å². The second-order valence-electron chi connectivity index (χ2n) is 3.76. The van der Waals surface area contributed by atoms with E-state index in [1.807, 2.05) is 0 Å². The van der Waals surface area contributed by atoms with E-state index in [1.54, 1.807) is 0 Å². The highest BCUT2D eigenvalue weighted by molar-refractivity contribution is 9.10. The van der Waals surface area contributed by atoms with E-state index < -0.39 is 23.1 Å². The molecule has 110 valence electrons. The minimum absolute atomic E-state index is 0.00824. The van der Waals surface area contributed by atoms with Crippen molar-refractivity contribution in [3.05, 3.63) is 45.0 Å². The molecule has 0 aliphatic rings. The molecular weight excluding hydrogens is 372 g/mol. The molecule has 0 saturated carbocycles. The number of rotatable bonds is 3. The average Bonchev–Trinajstić information content (AvgIpc) is 2.36. The second-order valence-corrected chi connectivity index (χ2v) is 5.06. The highest BCUT2D eigenvalue weighted by atomic mass is 79.9. The molecule has 1 heterocycles. The van der Waals surface area contributed by atoms with Crippen LogP contribution in [-0.4, -0.2) is 23.0 Å². The largest absolute Gasteiger partial charge is 0.481 e. The number of carbonyl (C=O) groups excluding carboxylic acids is 1. The van der Waals surface area contributed by atoms with Gasteiger partial charge in [0.2, 0.25) is 11.8 Å². The molecule has 0 bridgehead atoms. The van der Waals surface area contributed by atoms with Crippen molar-refractivity contribution in [2.75, 3.05) is 12.4 Å². The van der Waals surface area contributed by atoms with Crippen LogP contribution in [0.25, 0.3) is 0 Å². The molecule has 0 saturated heterocycles. The third kappa shape index (κ3) is 3.64. The molecule has 1 aromatic heterocycles. The fraction of sp³-hybridized carbons (Fsp3) is 0.0833. The van der Waals surface area contributed by atoms with Gasteiger partial charge in [-0.15, -0.1) is 0 Å². The van der Waals surface area contributed by atoms with Gasteiger partial charge in [-0.2, -0.15) is 4.98 Å². The van der Waals surface area contributed by atoms with Crippen LogP contribution >= 0.6 is 27.5 Å². The summed E-state index contributed by atoms with van der Waals surface area (Å²) < 4.78 is 32.4. The van der Waals surface area contributed by atoms with Gasteiger partial charge in [0.1, 0.15) is 22.4 Å². The van der Waals surface area contributed by atoms with Gasteiger partial charge in [0.05, 0.1) is 7.11 Å². The van der Waals surface area contributed by atoms with E-state index in [4.69, 9.17) is 16.3 Å². The monoisotopic (exact) mass is 377 g/mol. The summed E-state index contributed by atoms with van der Waals surface area (Å²) >= 11 is 8.63. The Balaban J connectivity index is 2.32. The molecule has 0 atom stereocenters. The average molecular weight is 379 g/mol. The van der Waals surface area contributed by atoms with Gasteiger partial charge in [-0.3, -0.25) is 10.1 Å². The first kappa shape index (κ1) is 15.6. The van der Waals surface area contributed by atoms with Crippen molar-refractivity contribution in [2.24, 2.45) is 0 Å². The summed E-state index contributed by atoms with van der Waals surface area (Å²) in [6.45, 7) is 0. The first-order valence-corrected chi connectivity index (χ1v) is 6.62. The number of benzene rings is 1. The fourth-order valence-corrected chi connectivity index (χ4v) is 2.06. The van der Waals surface area contributed by atoms with Crippen molar-refractivity contribution in [3.8, 4) is 5.88 Å². The zero-order valence-corrected chi connectivity index (χ0v) is 12.8. The van der Waals surface area contributed by atoms with Crippen molar-refractivity contribution >= 4 is 39.4 Å². The minimum atomic E-state index is -1.04. The summed E-state index contributed by atoms with van der Waals surface area (Å²) in [6.07, 6.45) is 0. The SMILES string of the molecule is COc1cc(Cl)nc(NC(=O)c2c(F)cc(Br)cc2F)n1. The predicted molar refractivity (Wildman–Crippen MR) is 75.6 cm³/mol. The van der Waals surface area contributed by atoms with Crippen LogP contribution in [0.5, 0.6) is 5.88 Å². The van der Waals surface area contributed by atoms with Crippen LogP contribution < -0.4 is 10.1 Å². The third-order valence-electron chi connectivity index (χ3n) is 2.34. The molecule has 2 aromatic rings. The number of nitrogens with zero attached hydrogens (tertiary/aromatic N) is 2. The maximum absolute atomic E-state index is 13.7. The molecule has 0 aliphatic heterocycles. The van der Waals surface area contributed by atoms with Gasteiger partial charge < -0.3 is 4.74 Å². The Hall–Kier alpha value is -1.80. The molecule has 1 aromatic carbocycles. The highest BCUT2D eigenvalue weighted by Gasteiger charge is 2.19. The number of hydrogen-bond acceptors (Lipinski definition) is 4. The maximum atomic E-state index is 13.7. The zero-order valence-electron chi connectivity index (χ0n) is 10.5. The normalized spacial score (nSPS) is 10.3. The molecule has 9 heteroatoms. The van der Waals surface area contributed by atoms with Crippen LogP contribution in [0.3, 0.4) is 0 Å². The van der Waals surface area contributed by atoms with Crippen molar-refractivity contribution < 1.29 is 18.3 Å². The molecule has 0 aliphatic carbocycles. The van der Waals surface area contributed by atoms with Crippen molar-refractivity contribution in [1.82, 2.24) is 9.97 Å².